The van der Waals surface area contributed by atoms with E-state index >= 15 is 0 Å². The van der Waals surface area contributed by atoms with Gasteiger partial charge in [-0.2, -0.15) is 0 Å². The molecule has 1 amide bonds. The number of aromatic nitrogens is 3. The number of hydrogen-bond acceptors (Lipinski definition) is 6. The maximum absolute atomic E-state index is 11.9. The molecule has 0 spiro atoms. The normalized spacial score (nSPS) is 11.9. The van der Waals surface area contributed by atoms with Crippen LogP contribution in [0.4, 0.5) is 0 Å². The van der Waals surface area contributed by atoms with Crippen molar-refractivity contribution >= 4 is 35.2 Å². The van der Waals surface area contributed by atoms with Gasteiger partial charge in [-0.05, 0) is 44.5 Å². The summed E-state index contributed by atoms with van der Waals surface area (Å²) in [4.78, 5) is 23.5. The van der Waals surface area contributed by atoms with E-state index in [9.17, 15) is 9.59 Å². The molecule has 2 rings (SSSR count). The Morgan fingerprint density at radius 2 is 1.96 bits per heavy atom. The van der Waals surface area contributed by atoms with E-state index < -0.39 is 5.97 Å². The van der Waals surface area contributed by atoms with Gasteiger partial charge in [0.05, 0.1) is 5.75 Å². The van der Waals surface area contributed by atoms with Crippen LogP contribution in [-0.2, 0) is 20.9 Å². The van der Waals surface area contributed by atoms with Crippen LogP contribution >= 0.6 is 23.4 Å². The quantitative estimate of drug-likeness (QED) is 0.504. The van der Waals surface area contributed by atoms with Crippen LogP contribution in [0, 0.1) is 0 Å². The molecule has 1 atom stereocenters. The summed E-state index contributed by atoms with van der Waals surface area (Å²) in [7, 11) is 0. The molecule has 1 heterocycles. The van der Waals surface area contributed by atoms with E-state index in [-0.39, 0.29) is 24.3 Å². The Morgan fingerprint density at radius 3 is 2.59 bits per heavy atom. The SMILES string of the molecule is CC[C@H](C)NC(=O)COC(=O)CSc1nnc(-c2ccc(Cl)cc2)n1CC. The Balaban J connectivity index is 1.91. The predicted octanol–water partition coefficient (Wildman–Crippen LogP) is 3.17. The Bertz CT molecular complexity index is 779. The summed E-state index contributed by atoms with van der Waals surface area (Å²) in [5.41, 5.74) is 0.893. The summed E-state index contributed by atoms with van der Waals surface area (Å²) in [5.74, 6) is -0.0181. The molecule has 0 bridgehead atoms. The van der Waals surface area contributed by atoms with E-state index in [0.29, 0.717) is 22.5 Å². The third-order valence-electron chi connectivity index (χ3n) is 3.84. The van der Waals surface area contributed by atoms with E-state index in [2.05, 4.69) is 15.5 Å². The third kappa shape index (κ3) is 6.25. The van der Waals surface area contributed by atoms with E-state index in [1.807, 2.05) is 37.5 Å². The van der Waals surface area contributed by atoms with E-state index in [4.69, 9.17) is 16.3 Å². The molecular formula is C18H23ClN4O3S. The molecule has 0 aliphatic rings. The average molecular weight is 411 g/mol. The van der Waals surface area contributed by atoms with Crippen LogP contribution in [0.3, 0.4) is 0 Å². The van der Waals surface area contributed by atoms with Crippen LogP contribution in [0.5, 0.6) is 0 Å². The van der Waals surface area contributed by atoms with Crippen molar-refractivity contribution in [3.05, 3.63) is 29.3 Å². The minimum Gasteiger partial charge on any atom is -0.455 e. The molecule has 0 saturated heterocycles. The summed E-state index contributed by atoms with van der Waals surface area (Å²) in [6.45, 7) is 6.21. The number of benzene rings is 1. The molecule has 0 radical (unpaired) electrons. The number of halogens is 1. The number of nitrogens with one attached hydrogen (secondary N) is 1. The van der Waals surface area contributed by atoms with Crippen molar-refractivity contribution in [2.75, 3.05) is 12.4 Å². The first kappa shape index (κ1) is 21.2. The second-order valence-corrected chi connectivity index (χ2v) is 7.26. The van der Waals surface area contributed by atoms with Gasteiger partial charge in [-0.1, -0.05) is 30.3 Å². The lowest BCUT2D eigenvalue weighted by Crippen LogP contribution is -2.35. The van der Waals surface area contributed by atoms with Gasteiger partial charge in [0.2, 0.25) is 0 Å². The number of rotatable bonds is 9. The van der Waals surface area contributed by atoms with Gasteiger partial charge in [0.1, 0.15) is 0 Å². The number of carbonyl (C=O) groups excluding carboxylic acids is 2. The summed E-state index contributed by atoms with van der Waals surface area (Å²) < 4.78 is 6.92. The summed E-state index contributed by atoms with van der Waals surface area (Å²) in [6, 6.07) is 7.38. The number of hydrogen-bond donors (Lipinski definition) is 1. The highest BCUT2D eigenvalue weighted by Gasteiger charge is 2.16. The first-order valence-corrected chi connectivity index (χ1v) is 10.1. The molecule has 27 heavy (non-hydrogen) atoms. The van der Waals surface area contributed by atoms with E-state index in [1.165, 1.54) is 11.8 Å². The van der Waals surface area contributed by atoms with Crippen molar-refractivity contribution in [2.45, 2.75) is 44.9 Å². The number of thioether (sulfide) groups is 1. The number of esters is 1. The van der Waals surface area contributed by atoms with Crippen molar-refractivity contribution < 1.29 is 14.3 Å². The Morgan fingerprint density at radius 1 is 1.26 bits per heavy atom. The smallest absolute Gasteiger partial charge is 0.316 e. The number of amides is 1. The third-order valence-corrected chi connectivity index (χ3v) is 5.03. The van der Waals surface area contributed by atoms with Crippen LogP contribution in [-0.4, -0.2) is 45.0 Å². The topological polar surface area (TPSA) is 86.1 Å². The van der Waals surface area contributed by atoms with Crippen molar-refractivity contribution in [2.24, 2.45) is 0 Å². The lowest BCUT2D eigenvalue weighted by Gasteiger charge is -2.11. The van der Waals surface area contributed by atoms with Gasteiger partial charge in [0.15, 0.2) is 17.6 Å². The highest BCUT2D eigenvalue weighted by atomic mass is 35.5. The maximum atomic E-state index is 11.9. The van der Waals surface area contributed by atoms with Crippen LogP contribution in [0.1, 0.15) is 27.2 Å². The molecule has 0 aliphatic carbocycles. The molecule has 0 saturated carbocycles. The average Bonchev–Trinajstić information content (AvgIpc) is 3.08. The monoisotopic (exact) mass is 410 g/mol. The number of ether oxygens (including phenoxy) is 1. The predicted molar refractivity (Wildman–Crippen MR) is 106 cm³/mol. The van der Waals surface area contributed by atoms with Crippen molar-refractivity contribution in [3.8, 4) is 11.4 Å². The zero-order chi connectivity index (χ0) is 19.8. The van der Waals surface area contributed by atoms with Crippen molar-refractivity contribution in [1.82, 2.24) is 20.1 Å². The largest absolute Gasteiger partial charge is 0.455 e. The highest BCUT2D eigenvalue weighted by Crippen LogP contribution is 2.25. The van der Waals surface area contributed by atoms with Gasteiger partial charge in [-0.15, -0.1) is 10.2 Å². The first-order valence-electron chi connectivity index (χ1n) is 8.71. The zero-order valence-electron chi connectivity index (χ0n) is 15.6. The Hall–Kier alpha value is -2.06. The molecule has 1 aromatic carbocycles. The van der Waals surface area contributed by atoms with Gasteiger partial charge >= 0.3 is 5.97 Å². The Kier molecular flexibility index (Phi) is 8.12. The molecule has 2 aromatic rings. The van der Waals surface area contributed by atoms with Crippen molar-refractivity contribution in [3.63, 3.8) is 0 Å². The minimum absolute atomic E-state index is 0.0510. The Labute approximate surface area is 167 Å². The lowest BCUT2D eigenvalue weighted by molar-refractivity contribution is -0.146. The van der Waals surface area contributed by atoms with Gasteiger partial charge < -0.3 is 14.6 Å². The minimum atomic E-state index is -0.474. The van der Waals surface area contributed by atoms with E-state index in [1.54, 1.807) is 12.1 Å². The fourth-order valence-corrected chi connectivity index (χ4v) is 3.15. The number of nitrogens with zero attached hydrogens (tertiary/aromatic N) is 3. The summed E-state index contributed by atoms with van der Waals surface area (Å²) in [6.07, 6.45) is 0.818. The molecule has 7 nitrogen and oxygen atoms in total. The van der Waals surface area contributed by atoms with E-state index in [0.717, 1.165) is 12.0 Å². The highest BCUT2D eigenvalue weighted by molar-refractivity contribution is 7.99. The molecule has 1 N–H and O–H groups in total. The van der Waals surface area contributed by atoms with Crippen LogP contribution < -0.4 is 5.32 Å². The molecule has 9 heteroatoms. The molecule has 0 fully saturated rings. The summed E-state index contributed by atoms with van der Waals surface area (Å²) >= 11 is 7.15. The molecular weight excluding hydrogens is 388 g/mol. The van der Waals surface area contributed by atoms with Crippen LogP contribution in [0.2, 0.25) is 5.02 Å². The summed E-state index contributed by atoms with van der Waals surface area (Å²) in [5, 5.41) is 12.4. The molecule has 0 unspecified atom stereocenters. The van der Waals surface area contributed by atoms with Gasteiger partial charge in [-0.25, -0.2) is 0 Å². The fraction of sp³-hybridized carbons (Fsp3) is 0.444. The van der Waals surface area contributed by atoms with Gasteiger partial charge in [0, 0.05) is 23.2 Å². The van der Waals surface area contributed by atoms with Gasteiger partial charge in [0.25, 0.3) is 5.91 Å². The maximum Gasteiger partial charge on any atom is 0.316 e. The standard InChI is InChI=1S/C18H23ClN4O3S/c1-4-12(3)20-15(24)10-26-16(25)11-27-18-22-21-17(23(18)5-2)13-6-8-14(19)9-7-13/h6-9,12H,4-5,10-11H2,1-3H3,(H,20,24)/t12-/m0/s1. The molecule has 146 valence electrons. The van der Waals surface area contributed by atoms with Gasteiger partial charge in [-0.3, -0.25) is 9.59 Å². The molecule has 1 aromatic heterocycles. The second kappa shape index (κ2) is 10.3. The lowest BCUT2D eigenvalue weighted by atomic mass is 10.2. The molecule has 0 aliphatic heterocycles. The number of carbonyl (C=O) groups is 2. The van der Waals surface area contributed by atoms with Crippen molar-refractivity contribution in [1.29, 1.82) is 0 Å². The van der Waals surface area contributed by atoms with Crippen LogP contribution in [0.15, 0.2) is 29.4 Å². The zero-order valence-corrected chi connectivity index (χ0v) is 17.1. The second-order valence-electron chi connectivity index (χ2n) is 5.88. The van der Waals surface area contributed by atoms with Crippen LogP contribution in [0.25, 0.3) is 11.4 Å². The first-order chi connectivity index (χ1) is 12.9. The fourth-order valence-electron chi connectivity index (χ4n) is 2.22.